The molecule has 0 aromatic heterocycles. The first kappa shape index (κ1) is 28.4. The fraction of sp³-hybridized carbons (Fsp3) is 0.500. The fourth-order valence-corrected chi connectivity index (χ4v) is 6.53. The normalized spacial score (nSPS) is 18.7. The lowest BCUT2D eigenvalue weighted by Crippen LogP contribution is -2.43. The molecule has 0 radical (unpaired) electrons. The van der Waals surface area contributed by atoms with E-state index in [-0.39, 0.29) is 48.2 Å². The molecule has 0 aliphatic carbocycles. The zero-order chi connectivity index (χ0) is 27.0. The fourth-order valence-electron chi connectivity index (χ4n) is 5.02. The second-order valence-electron chi connectivity index (χ2n) is 9.59. The summed E-state index contributed by atoms with van der Waals surface area (Å²) in [6, 6.07) is 16.5. The standard InChI is InChI=1S/C28H37N3O6S/c1-2-37-28(33)23-11-13-31(14-12-23)38(34,35)25-10-6-9-24(19-25)27(32)21-29-20-26(22-7-4-3-5-8-22)30-15-17-36-18-16-30/h3-10,19,23,26,29H,2,11-18,20-21H2,1H3. The van der Waals surface area contributed by atoms with Crippen LogP contribution in [-0.4, -0.2) is 88.5 Å². The number of carbonyl (C=O) groups is 2. The van der Waals surface area contributed by atoms with Crippen molar-refractivity contribution in [2.45, 2.75) is 30.7 Å². The molecule has 2 fully saturated rings. The number of hydrogen-bond acceptors (Lipinski definition) is 8. The number of esters is 1. The van der Waals surface area contributed by atoms with Gasteiger partial charge in [-0.25, -0.2) is 8.42 Å². The molecule has 2 aromatic rings. The van der Waals surface area contributed by atoms with Gasteiger partial charge in [-0.1, -0.05) is 42.5 Å². The summed E-state index contributed by atoms with van der Waals surface area (Å²) in [5.41, 5.74) is 1.52. The maximum absolute atomic E-state index is 13.3. The molecular weight excluding hydrogens is 506 g/mol. The first-order valence-electron chi connectivity index (χ1n) is 13.3. The summed E-state index contributed by atoms with van der Waals surface area (Å²) in [4.78, 5) is 27.5. The van der Waals surface area contributed by atoms with Gasteiger partial charge in [-0.3, -0.25) is 14.5 Å². The Labute approximate surface area is 225 Å². The minimum absolute atomic E-state index is 0.0911. The molecule has 0 amide bonds. The van der Waals surface area contributed by atoms with E-state index in [2.05, 4.69) is 22.3 Å². The van der Waals surface area contributed by atoms with Gasteiger partial charge in [-0.05, 0) is 37.5 Å². The molecular formula is C28H37N3O6S. The number of hydrogen-bond donors (Lipinski definition) is 1. The molecule has 0 bridgehead atoms. The number of nitrogens with zero attached hydrogens (tertiary/aromatic N) is 2. The topological polar surface area (TPSA) is 105 Å². The predicted molar refractivity (Wildman–Crippen MR) is 143 cm³/mol. The quantitative estimate of drug-likeness (QED) is 0.341. The van der Waals surface area contributed by atoms with Gasteiger partial charge in [-0.15, -0.1) is 0 Å². The Hall–Kier alpha value is -2.63. The van der Waals surface area contributed by atoms with E-state index in [0.29, 0.717) is 44.8 Å². The van der Waals surface area contributed by atoms with Gasteiger partial charge in [0, 0.05) is 44.3 Å². The molecule has 0 saturated carbocycles. The maximum atomic E-state index is 13.3. The number of sulfonamides is 1. The Morgan fingerprint density at radius 2 is 1.74 bits per heavy atom. The molecule has 2 aliphatic heterocycles. The van der Waals surface area contributed by atoms with Crippen molar-refractivity contribution in [2.24, 2.45) is 5.92 Å². The minimum Gasteiger partial charge on any atom is -0.466 e. The minimum atomic E-state index is -3.77. The van der Waals surface area contributed by atoms with Gasteiger partial charge in [0.15, 0.2) is 5.78 Å². The SMILES string of the molecule is CCOC(=O)C1CCN(S(=O)(=O)c2cccc(C(=O)CNCC(c3ccccc3)N3CCOCC3)c2)CC1. The van der Waals surface area contributed by atoms with Crippen molar-refractivity contribution < 1.29 is 27.5 Å². The van der Waals surface area contributed by atoms with Gasteiger partial charge in [0.1, 0.15) is 0 Å². The summed E-state index contributed by atoms with van der Waals surface area (Å²) < 4.78 is 38.5. The summed E-state index contributed by atoms with van der Waals surface area (Å²) in [6.45, 7) is 6.26. The molecule has 2 saturated heterocycles. The molecule has 2 aliphatic rings. The number of ketones is 1. The van der Waals surface area contributed by atoms with Crippen LogP contribution in [0.5, 0.6) is 0 Å². The smallest absolute Gasteiger partial charge is 0.309 e. The van der Waals surface area contributed by atoms with Gasteiger partial charge in [0.05, 0.1) is 37.2 Å². The highest BCUT2D eigenvalue weighted by molar-refractivity contribution is 7.89. The maximum Gasteiger partial charge on any atom is 0.309 e. The lowest BCUT2D eigenvalue weighted by atomic mass is 9.98. The number of rotatable bonds is 11. The van der Waals surface area contributed by atoms with Crippen molar-refractivity contribution >= 4 is 21.8 Å². The Morgan fingerprint density at radius 3 is 2.42 bits per heavy atom. The van der Waals surface area contributed by atoms with Crippen molar-refractivity contribution in [2.75, 3.05) is 59.1 Å². The number of carbonyl (C=O) groups excluding carboxylic acids is 2. The summed E-state index contributed by atoms with van der Waals surface area (Å²) in [6.07, 6.45) is 0.846. The van der Waals surface area contributed by atoms with Crippen LogP contribution in [0.4, 0.5) is 0 Å². The molecule has 10 heteroatoms. The van der Waals surface area contributed by atoms with E-state index in [1.165, 1.54) is 22.0 Å². The van der Waals surface area contributed by atoms with Crippen LogP contribution in [0.2, 0.25) is 0 Å². The molecule has 38 heavy (non-hydrogen) atoms. The van der Waals surface area contributed by atoms with Gasteiger partial charge in [0.25, 0.3) is 0 Å². The highest BCUT2D eigenvalue weighted by Gasteiger charge is 2.33. The van der Waals surface area contributed by atoms with E-state index < -0.39 is 10.0 Å². The van der Waals surface area contributed by atoms with E-state index in [1.807, 2.05) is 18.2 Å². The zero-order valence-electron chi connectivity index (χ0n) is 21.9. The highest BCUT2D eigenvalue weighted by atomic mass is 32.2. The van der Waals surface area contributed by atoms with E-state index in [9.17, 15) is 18.0 Å². The number of nitrogens with one attached hydrogen (secondary N) is 1. The van der Waals surface area contributed by atoms with Crippen LogP contribution in [0.1, 0.15) is 41.7 Å². The van der Waals surface area contributed by atoms with Crippen LogP contribution >= 0.6 is 0 Å². The number of Topliss-reactive ketones (excluding diaryl/α,β-unsaturated/α-hetero) is 1. The van der Waals surface area contributed by atoms with Gasteiger partial charge < -0.3 is 14.8 Å². The number of piperidine rings is 1. The van der Waals surface area contributed by atoms with Crippen molar-refractivity contribution in [1.29, 1.82) is 0 Å². The van der Waals surface area contributed by atoms with E-state index >= 15 is 0 Å². The summed E-state index contributed by atoms with van der Waals surface area (Å²) in [5.74, 6) is -0.720. The first-order chi connectivity index (χ1) is 18.4. The molecule has 0 spiro atoms. The molecule has 206 valence electrons. The molecule has 2 heterocycles. The summed E-state index contributed by atoms with van der Waals surface area (Å²) in [7, 11) is -3.77. The van der Waals surface area contributed by atoms with Crippen LogP contribution in [0.15, 0.2) is 59.5 Å². The largest absolute Gasteiger partial charge is 0.466 e. The Bertz CT molecular complexity index is 1180. The molecule has 2 aromatic carbocycles. The molecule has 1 atom stereocenters. The van der Waals surface area contributed by atoms with E-state index in [1.54, 1.807) is 19.1 Å². The van der Waals surface area contributed by atoms with E-state index in [4.69, 9.17) is 9.47 Å². The molecule has 9 nitrogen and oxygen atoms in total. The lowest BCUT2D eigenvalue weighted by Gasteiger charge is -2.35. The molecule has 1 unspecified atom stereocenters. The predicted octanol–water partition coefficient (Wildman–Crippen LogP) is 2.50. The van der Waals surface area contributed by atoms with Crippen molar-refractivity contribution in [1.82, 2.24) is 14.5 Å². The number of benzene rings is 2. The van der Waals surface area contributed by atoms with Crippen LogP contribution in [0, 0.1) is 5.92 Å². The average molecular weight is 544 g/mol. The Kier molecular flexibility index (Phi) is 10.0. The van der Waals surface area contributed by atoms with Gasteiger partial charge in [0.2, 0.25) is 10.0 Å². The molecule has 4 rings (SSSR count). The first-order valence-corrected chi connectivity index (χ1v) is 14.7. The zero-order valence-corrected chi connectivity index (χ0v) is 22.7. The molecule has 1 N–H and O–H groups in total. The monoisotopic (exact) mass is 543 g/mol. The Balaban J connectivity index is 1.36. The lowest BCUT2D eigenvalue weighted by molar-refractivity contribution is -0.149. The summed E-state index contributed by atoms with van der Waals surface area (Å²) >= 11 is 0. The van der Waals surface area contributed by atoms with Crippen molar-refractivity contribution in [3.63, 3.8) is 0 Å². The third-order valence-corrected chi connectivity index (χ3v) is 9.06. The third-order valence-electron chi connectivity index (χ3n) is 7.16. The highest BCUT2D eigenvalue weighted by Crippen LogP contribution is 2.25. The number of ether oxygens (including phenoxy) is 2. The second-order valence-corrected chi connectivity index (χ2v) is 11.5. The number of morpholine rings is 1. The van der Waals surface area contributed by atoms with Crippen LogP contribution in [0.3, 0.4) is 0 Å². The van der Waals surface area contributed by atoms with Crippen molar-refractivity contribution in [3.05, 3.63) is 65.7 Å². The average Bonchev–Trinajstić information content (AvgIpc) is 2.96. The second kappa shape index (κ2) is 13.4. The third kappa shape index (κ3) is 7.06. The van der Waals surface area contributed by atoms with Gasteiger partial charge >= 0.3 is 5.97 Å². The van der Waals surface area contributed by atoms with Crippen LogP contribution in [0.25, 0.3) is 0 Å². The van der Waals surface area contributed by atoms with Crippen LogP contribution in [-0.2, 0) is 24.3 Å². The van der Waals surface area contributed by atoms with Crippen molar-refractivity contribution in [3.8, 4) is 0 Å². The van der Waals surface area contributed by atoms with Gasteiger partial charge in [-0.2, -0.15) is 4.31 Å². The summed E-state index contributed by atoms with van der Waals surface area (Å²) in [5, 5.41) is 3.29. The van der Waals surface area contributed by atoms with E-state index in [0.717, 1.165) is 13.1 Å². The van der Waals surface area contributed by atoms with Crippen LogP contribution < -0.4 is 5.32 Å². The Morgan fingerprint density at radius 1 is 1.03 bits per heavy atom.